The summed E-state index contributed by atoms with van der Waals surface area (Å²) in [4.78, 5) is 29.5. The van der Waals surface area contributed by atoms with Gasteiger partial charge in [0.15, 0.2) is 0 Å². The highest BCUT2D eigenvalue weighted by atomic mass is 32.2. The quantitative estimate of drug-likeness (QED) is 0.756. The van der Waals surface area contributed by atoms with Gasteiger partial charge in [-0.15, -0.1) is 0 Å². The van der Waals surface area contributed by atoms with Crippen LogP contribution in [0.5, 0.6) is 0 Å². The molecule has 0 saturated heterocycles. The van der Waals surface area contributed by atoms with E-state index in [-0.39, 0.29) is 19.0 Å². The fourth-order valence-electron chi connectivity index (χ4n) is 2.32. The Morgan fingerprint density at radius 2 is 1.63 bits per heavy atom. The van der Waals surface area contributed by atoms with Crippen molar-refractivity contribution >= 4 is 27.5 Å². The SMILES string of the molecule is CN(C)C(=O)c1ccc(N(CC(=O)NCc2ccncc2)S(C)(=O)=O)cc1. The van der Waals surface area contributed by atoms with Gasteiger partial charge < -0.3 is 10.2 Å². The Morgan fingerprint density at radius 3 is 2.15 bits per heavy atom. The lowest BCUT2D eigenvalue weighted by atomic mass is 10.2. The van der Waals surface area contributed by atoms with Gasteiger partial charge in [0.05, 0.1) is 11.9 Å². The van der Waals surface area contributed by atoms with Crippen LogP contribution in [0.25, 0.3) is 0 Å². The lowest BCUT2D eigenvalue weighted by molar-refractivity contribution is -0.119. The van der Waals surface area contributed by atoms with Crippen molar-refractivity contribution in [2.75, 3.05) is 31.2 Å². The Kier molecular flexibility index (Phi) is 6.51. The molecule has 0 fully saturated rings. The fourth-order valence-corrected chi connectivity index (χ4v) is 3.17. The van der Waals surface area contributed by atoms with Crippen LogP contribution in [0.4, 0.5) is 5.69 Å². The predicted molar refractivity (Wildman–Crippen MR) is 103 cm³/mol. The summed E-state index contributed by atoms with van der Waals surface area (Å²) in [5.41, 5.74) is 1.60. The number of anilines is 1. The first-order valence-electron chi connectivity index (χ1n) is 8.13. The maximum absolute atomic E-state index is 12.2. The number of nitrogens with zero attached hydrogens (tertiary/aromatic N) is 3. The molecule has 9 heteroatoms. The zero-order valence-corrected chi connectivity index (χ0v) is 16.2. The van der Waals surface area contributed by atoms with E-state index in [1.165, 1.54) is 29.2 Å². The Morgan fingerprint density at radius 1 is 1.04 bits per heavy atom. The number of sulfonamides is 1. The number of carbonyl (C=O) groups excluding carboxylic acids is 2. The number of rotatable bonds is 7. The Balaban J connectivity index is 2.11. The number of carbonyl (C=O) groups is 2. The highest BCUT2D eigenvalue weighted by Crippen LogP contribution is 2.18. The van der Waals surface area contributed by atoms with Gasteiger partial charge in [0.25, 0.3) is 5.91 Å². The monoisotopic (exact) mass is 390 g/mol. The third kappa shape index (κ3) is 5.78. The first-order chi connectivity index (χ1) is 12.7. The number of pyridine rings is 1. The number of benzene rings is 1. The largest absolute Gasteiger partial charge is 0.350 e. The topological polar surface area (TPSA) is 99.7 Å². The molecule has 1 aromatic heterocycles. The lowest BCUT2D eigenvalue weighted by Gasteiger charge is -2.22. The molecular weight excluding hydrogens is 368 g/mol. The van der Waals surface area contributed by atoms with Crippen molar-refractivity contribution in [2.45, 2.75) is 6.54 Å². The van der Waals surface area contributed by atoms with Gasteiger partial charge in [-0.25, -0.2) is 8.42 Å². The molecule has 0 aliphatic rings. The van der Waals surface area contributed by atoms with Crippen LogP contribution < -0.4 is 9.62 Å². The molecule has 0 aliphatic carbocycles. The third-order valence-corrected chi connectivity index (χ3v) is 4.88. The predicted octanol–water partition coefficient (Wildman–Crippen LogP) is 0.866. The Bertz CT molecular complexity index is 897. The van der Waals surface area contributed by atoms with Gasteiger partial charge in [0.2, 0.25) is 15.9 Å². The van der Waals surface area contributed by atoms with Gasteiger partial charge in [-0.2, -0.15) is 0 Å². The number of hydrogen-bond acceptors (Lipinski definition) is 5. The molecule has 1 N–H and O–H groups in total. The maximum Gasteiger partial charge on any atom is 0.253 e. The zero-order chi connectivity index (χ0) is 20.0. The van der Waals surface area contributed by atoms with E-state index in [4.69, 9.17) is 0 Å². The van der Waals surface area contributed by atoms with Gasteiger partial charge in [0, 0.05) is 38.6 Å². The van der Waals surface area contributed by atoms with E-state index in [1.54, 1.807) is 38.6 Å². The van der Waals surface area contributed by atoms with Crippen LogP contribution >= 0.6 is 0 Å². The number of hydrogen-bond donors (Lipinski definition) is 1. The smallest absolute Gasteiger partial charge is 0.253 e. The lowest BCUT2D eigenvalue weighted by Crippen LogP contribution is -2.40. The first kappa shape index (κ1) is 20.4. The van der Waals surface area contributed by atoms with E-state index in [2.05, 4.69) is 10.3 Å². The average Bonchev–Trinajstić information content (AvgIpc) is 2.64. The van der Waals surface area contributed by atoms with E-state index >= 15 is 0 Å². The van der Waals surface area contributed by atoms with E-state index in [0.29, 0.717) is 11.3 Å². The van der Waals surface area contributed by atoms with Crippen LogP contribution in [-0.2, 0) is 21.4 Å². The highest BCUT2D eigenvalue weighted by molar-refractivity contribution is 7.92. The third-order valence-electron chi connectivity index (χ3n) is 3.74. The van der Waals surface area contributed by atoms with Crippen LogP contribution in [-0.4, -0.2) is 57.0 Å². The molecule has 2 rings (SSSR count). The second-order valence-corrected chi connectivity index (χ2v) is 8.06. The number of aromatic nitrogens is 1. The number of nitrogens with one attached hydrogen (secondary N) is 1. The van der Waals surface area contributed by atoms with Gasteiger partial charge >= 0.3 is 0 Å². The summed E-state index contributed by atoms with van der Waals surface area (Å²) in [5.74, 6) is -0.631. The van der Waals surface area contributed by atoms with Crippen molar-refractivity contribution < 1.29 is 18.0 Å². The van der Waals surface area contributed by atoms with Gasteiger partial charge in [-0.05, 0) is 42.0 Å². The maximum atomic E-state index is 12.2. The molecule has 8 nitrogen and oxygen atoms in total. The van der Waals surface area contributed by atoms with Crippen LogP contribution in [0.1, 0.15) is 15.9 Å². The molecule has 144 valence electrons. The summed E-state index contributed by atoms with van der Waals surface area (Å²) in [7, 11) is -0.416. The molecule has 0 aliphatic heterocycles. The van der Waals surface area contributed by atoms with Crippen LogP contribution in [0, 0.1) is 0 Å². The van der Waals surface area contributed by atoms with Gasteiger partial charge in [0.1, 0.15) is 6.54 Å². The van der Waals surface area contributed by atoms with E-state index in [1.807, 2.05) is 0 Å². The summed E-state index contributed by atoms with van der Waals surface area (Å²) < 4.78 is 25.3. The van der Waals surface area contributed by atoms with E-state index in [9.17, 15) is 18.0 Å². The molecule has 27 heavy (non-hydrogen) atoms. The van der Waals surface area contributed by atoms with Gasteiger partial charge in [-0.3, -0.25) is 18.9 Å². The summed E-state index contributed by atoms with van der Waals surface area (Å²) in [5, 5.41) is 2.68. The zero-order valence-electron chi connectivity index (χ0n) is 15.4. The minimum Gasteiger partial charge on any atom is -0.350 e. The average molecular weight is 390 g/mol. The van der Waals surface area contributed by atoms with E-state index < -0.39 is 15.9 Å². The van der Waals surface area contributed by atoms with Crippen molar-refractivity contribution in [3.63, 3.8) is 0 Å². The molecule has 2 aromatic rings. The second kappa shape index (κ2) is 8.63. The standard InChI is InChI=1S/C18H22N4O4S/c1-21(2)18(24)15-4-6-16(7-5-15)22(27(3,25)26)13-17(23)20-12-14-8-10-19-11-9-14/h4-11H,12-13H2,1-3H3,(H,20,23). The molecule has 0 saturated carbocycles. The normalized spacial score (nSPS) is 10.9. The number of amides is 2. The molecule has 0 bridgehead atoms. The summed E-state index contributed by atoms with van der Waals surface area (Å²) in [6, 6.07) is 9.60. The molecule has 0 atom stereocenters. The summed E-state index contributed by atoms with van der Waals surface area (Å²) in [6.07, 6.45) is 4.25. The highest BCUT2D eigenvalue weighted by Gasteiger charge is 2.21. The molecule has 1 aromatic carbocycles. The van der Waals surface area contributed by atoms with Crippen LogP contribution in [0.15, 0.2) is 48.8 Å². The van der Waals surface area contributed by atoms with Crippen molar-refractivity contribution in [2.24, 2.45) is 0 Å². The molecule has 1 heterocycles. The fraction of sp³-hybridized carbons (Fsp3) is 0.278. The van der Waals surface area contributed by atoms with E-state index in [0.717, 1.165) is 16.1 Å². The molecule has 0 unspecified atom stereocenters. The summed E-state index contributed by atoms with van der Waals surface area (Å²) in [6.45, 7) is -0.0832. The summed E-state index contributed by atoms with van der Waals surface area (Å²) >= 11 is 0. The molecular formula is C18H22N4O4S. The molecule has 0 spiro atoms. The molecule has 0 radical (unpaired) electrons. The molecule has 2 amide bonds. The van der Waals surface area contributed by atoms with Gasteiger partial charge in [-0.1, -0.05) is 0 Å². The minimum absolute atomic E-state index is 0.192. The van der Waals surface area contributed by atoms with Crippen molar-refractivity contribution in [3.8, 4) is 0 Å². The van der Waals surface area contributed by atoms with Crippen LogP contribution in [0.2, 0.25) is 0 Å². The van der Waals surface area contributed by atoms with Crippen LogP contribution in [0.3, 0.4) is 0 Å². The van der Waals surface area contributed by atoms with Crippen molar-refractivity contribution in [3.05, 3.63) is 59.9 Å². The Labute approximate surface area is 158 Å². The minimum atomic E-state index is -3.68. The van der Waals surface area contributed by atoms with Crippen molar-refractivity contribution in [1.82, 2.24) is 15.2 Å². The Hall–Kier alpha value is -2.94. The van der Waals surface area contributed by atoms with Crippen molar-refractivity contribution in [1.29, 1.82) is 0 Å². The second-order valence-electron chi connectivity index (χ2n) is 6.15. The first-order valence-corrected chi connectivity index (χ1v) is 9.98.